The van der Waals surface area contributed by atoms with Crippen LogP contribution in [0.15, 0.2) is 54.6 Å². The molecule has 3 aromatic rings. The van der Waals surface area contributed by atoms with E-state index in [4.69, 9.17) is 0 Å². The monoisotopic (exact) mass is 411 g/mol. The maximum absolute atomic E-state index is 12.4. The third-order valence-electron chi connectivity index (χ3n) is 5.06. The van der Waals surface area contributed by atoms with Crippen molar-refractivity contribution in [3.8, 4) is 0 Å². The molecule has 1 unspecified atom stereocenters. The van der Waals surface area contributed by atoms with E-state index in [9.17, 15) is 4.79 Å². The maximum atomic E-state index is 12.4. The van der Waals surface area contributed by atoms with Gasteiger partial charge in [0.05, 0.1) is 22.0 Å². The van der Waals surface area contributed by atoms with E-state index < -0.39 is 0 Å². The van der Waals surface area contributed by atoms with E-state index >= 15 is 0 Å². The third-order valence-corrected chi connectivity index (χ3v) is 7.22. The Morgan fingerprint density at radius 1 is 1.11 bits per heavy atom. The van der Waals surface area contributed by atoms with Gasteiger partial charge in [0.1, 0.15) is 5.01 Å². The molecule has 0 bridgehead atoms. The first-order chi connectivity index (χ1) is 13.8. The van der Waals surface area contributed by atoms with Gasteiger partial charge in [-0.3, -0.25) is 9.69 Å². The van der Waals surface area contributed by atoms with Gasteiger partial charge in [0.2, 0.25) is 5.91 Å². The molecule has 0 saturated carbocycles. The second-order valence-electron chi connectivity index (χ2n) is 7.04. The van der Waals surface area contributed by atoms with Crippen molar-refractivity contribution in [3.05, 3.63) is 65.2 Å². The molecule has 1 amide bonds. The number of amides is 1. The van der Waals surface area contributed by atoms with Crippen molar-refractivity contribution in [3.63, 3.8) is 0 Å². The summed E-state index contributed by atoms with van der Waals surface area (Å²) < 4.78 is 1.21. The Bertz CT molecular complexity index is 873. The molecular formula is C22H25N3OS2. The average molecular weight is 412 g/mol. The zero-order valence-corrected chi connectivity index (χ0v) is 17.5. The Balaban J connectivity index is 1.27. The van der Waals surface area contributed by atoms with Crippen LogP contribution in [0, 0.1) is 0 Å². The molecule has 1 aliphatic rings. The largest absolute Gasteiger partial charge is 0.353 e. The molecule has 1 fully saturated rings. The van der Waals surface area contributed by atoms with Crippen LogP contribution in [0.3, 0.4) is 0 Å². The first-order valence-corrected chi connectivity index (χ1v) is 11.7. The van der Waals surface area contributed by atoms with E-state index in [1.165, 1.54) is 23.1 Å². The van der Waals surface area contributed by atoms with Crippen molar-refractivity contribution >= 4 is 39.2 Å². The van der Waals surface area contributed by atoms with Crippen LogP contribution in [-0.4, -0.2) is 41.2 Å². The molecule has 2 aromatic carbocycles. The van der Waals surface area contributed by atoms with Crippen molar-refractivity contribution in [1.29, 1.82) is 0 Å². The van der Waals surface area contributed by atoms with Crippen molar-refractivity contribution in [2.75, 3.05) is 25.4 Å². The lowest BCUT2D eigenvalue weighted by atomic mass is 10.1. The van der Waals surface area contributed by atoms with Gasteiger partial charge in [0, 0.05) is 12.3 Å². The second kappa shape index (κ2) is 9.54. The average Bonchev–Trinajstić information content (AvgIpc) is 3.38. The lowest BCUT2D eigenvalue weighted by molar-refractivity contribution is -0.118. The highest BCUT2D eigenvalue weighted by atomic mass is 32.2. The highest BCUT2D eigenvalue weighted by Crippen LogP contribution is 2.26. The van der Waals surface area contributed by atoms with E-state index in [2.05, 4.69) is 45.5 Å². The number of rotatable bonds is 8. The smallest absolute Gasteiger partial charge is 0.230 e. The Morgan fingerprint density at radius 3 is 2.64 bits per heavy atom. The van der Waals surface area contributed by atoms with Gasteiger partial charge >= 0.3 is 0 Å². The molecule has 1 aliphatic heterocycles. The van der Waals surface area contributed by atoms with Gasteiger partial charge in [0.15, 0.2) is 0 Å². The molecule has 0 spiro atoms. The first kappa shape index (κ1) is 19.4. The fourth-order valence-electron chi connectivity index (χ4n) is 3.66. The molecular weight excluding hydrogens is 386 g/mol. The summed E-state index contributed by atoms with van der Waals surface area (Å²) in [4.78, 5) is 19.5. The van der Waals surface area contributed by atoms with Crippen LogP contribution in [0.1, 0.15) is 29.5 Å². The number of para-hydroxylation sites is 1. The lowest BCUT2D eigenvalue weighted by Gasteiger charge is -2.28. The molecule has 4 nitrogen and oxygen atoms in total. The minimum Gasteiger partial charge on any atom is -0.353 e. The third kappa shape index (κ3) is 4.93. The fraction of sp³-hybridized carbons (Fsp3) is 0.364. The maximum Gasteiger partial charge on any atom is 0.230 e. The minimum absolute atomic E-state index is 0.103. The van der Waals surface area contributed by atoms with Gasteiger partial charge in [-0.1, -0.05) is 42.5 Å². The van der Waals surface area contributed by atoms with Crippen LogP contribution in [0.25, 0.3) is 10.2 Å². The van der Waals surface area contributed by atoms with Crippen LogP contribution in [-0.2, 0) is 10.5 Å². The SMILES string of the molecule is O=C(CSCc1nc2ccccc2s1)NCC(c1ccccc1)N1CCCC1. The number of thiazole rings is 1. The predicted octanol–water partition coefficient (Wildman–Crippen LogP) is 4.48. The first-order valence-electron chi connectivity index (χ1n) is 9.77. The highest BCUT2D eigenvalue weighted by molar-refractivity contribution is 7.99. The molecule has 1 saturated heterocycles. The number of likely N-dealkylation sites (tertiary alicyclic amines) is 1. The van der Waals surface area contributed by atoms with Crippen LogP contribution >= 0.6 is 23.1 Å². The molecule has 0 radical (unpaired) electrons. The zero-order valence-electron chi connectivity index (χ0n) is 15.8. The fourth-order valence-corrected chi connectivity index (χ4v) is 5.54. The summed E-state index contributed by atoms with van der Waals surface area (Å²) >= 11 is 3.34. The number of aromatic nitrogens is 1. The lowest BCUT2D eigenvalue weighted by Crippen LogP contribution is -2.37. The standard InChI is InChI=1S/C22H25N3OS2/c26-21(15-27-16-22-24-18-10-4-5-11-20(18)28-22)23-14-19(25-12-6-7-13-25)17-8-2-1-3-9-17/h1-5,8-11,19H,6-7,12-16H2,(H,23,26). The van der Waals surface area contributed by atoms with Crippen LogP contribution in [0.4, 0.5) is 0 Å². The normalized spacial score (nSPS) is 15.7. The van der Waals surface area contributed by atoms with E-state index in [0.29, 0.717) is 12.3 Å². The summed E-state index contributed by atoms with van der Waals surface area (Å²) in [6.07, 6.45) is 2.49. The van der Waals surface area contributed by atoms with E-state index in [1.54, 1.807) is 23.1 Å². The van der Waals surface area contributed by atoms with E-state index in [1.807, 2.05) is 24.3 Å². The number of benzene rings is 2. The van der Waals surface area contributed by atoms with Gasteiger partial charge in [-0.05, 0) is 43.6 Å². The van der Waals surface area contributed by atoms with Crippen LogP contribution in [0.2, 0.25) is 0 Å². The number of nitrogens with one attached hydrogen (secondary N) is 1. The number of hydrogen-bond donors (Lipinski definition) is 1. The topological polar surface area (TPSA) is 45.2 Å². The number of fused-ring (bicyclic) bond motifs is 1. The van der Waals surface area contributed by atoms with Gasteiger partial charge in [0.25, 0.3) is 0 Å². The number of carbonyl (C=O) groups excluding carboxylic acids is 1. The minimum atomic E-state index is 0.103. The quantitative estimate of drug-likeness (QED) is 0.593. The van der Waals surface area contributed by atoms with Crippen molar-refractivity contribution in [1.82, 2.24) is 15.2 Å². The van der Waals surface area contributed by atoms with Crippen molar-refractivity contribution in [2.45, 2.75) is 24.6 Å². The van der Waals surface area contributed by atoms with Crippen molar-refractivity contribution < 1.29 is 4.79 Å². The van der Waals surface area contributed by atoms with Crippen LogP contribution in [0.5, 0.6) is 0 Å². The number of thioether (sulfide) groups is 1. The summed E-state index contributed by atoms with van der Waals surface area (Å²) in [7, 11) is 0. The van der Waals surface area contributed by atoms with Gasteiger partial charge < -0.3 is 5.32 Å². The molecule has 1 N–H and O–H groups in total. The molecule has 2 heterocycles. The van der Waals surface area contributed by atoms with Crippen LogP contribution < -0.4 is 5.32 Å². The summed E-state index contributed by atoms with van der Waals surface area (Å²) in [5.74, 6) is 1.35. The number of hydrogen-bond acceptors (Lipinski definition) is 5. The zero-order chi connectivity index (χ0) is 19.2. The molecule has 6 heteroatoms. The molecule has 1 aromatic heterocycles. The molecule has 4 rings (SSSR count). The summed E-state index contributed by atoms with van der Waals surface area (Å²) in [6, 6.07) is 19.0. The van der Waals surface area contributed by atoms with E-state index in [0.717, 1.165) is 29.4 Å². The summed E-state index contributed by atoms with van der Waals surface area (Å²) in [5.41, 5.74) is 2.33. The Labute approximate surface area is 174 Å². The Morgan fingerprint density at radius 2 is 1.86 bits per heavy atom. The summed E-state index contributed by atoms with van der Waals surface area (Å²) in [5, 5.41) is 4.23. The molecule has 146 valence electrons. The second-order valence-corrected chi connectivity index (χ2v) is 9.14. The predicted molar refractivity (Wildman–Crippen MR) is 119 cm³/mol. The van der Waals surface area contributed by atoms with Gasteiger partial charge in [-0.2, -0.15) is 0 Å². The molecule has 0 aliphatic carbocycles. The Hall–Kier alpha value is -1.89. The summed E-state index contributed by atoms with van der Waals surface area (Å²) in [6.45, 7) is 2.90. The molecule has 1 atom stereocenters. The van der Waals surface area contributed by atoms with Gasteiger partial charge in [-0.25, -0.2) is 4.98 Å². The van der Waals surface area contributed by atoms with E-state index in [-0.39, 0.29) is 11.9 Å². The van der Waals surface area contributed by atoms with Crippen molar-refractivity contribution in [2.24, 2.45) is 0 Å². The molecule has 28 heavy (non-hydrogen) atoms. The number of carbonyl (C=O) groups is 1. The highest BCUT2D eigenvalue weighted by Gasteiger charge is 2.23. The number of nitrogens with zero attached hydrogens (tertiary/aromatic N) is 2. The Kier molecular flexibility index (Phi) is 6.62. The van der Waals surface area contributed by atoms with Gasteiger partial charge in [-0.15, -0.1) is 23.1 Å².